The normalized spacial score (nSPS) is 18.9. The molecule has 2 bridgehead atoms. The number of benzene rings is 2. The van der Waals surface area contributed by atoms with Gasteiger partial charge in [0.15, 0.2) is 0 Å². The van der Waals surface area contributed by atoms with Gasteiger partial charge in [0.1, 0.15) is 11.4 Å². The van der Waals surface area contributed by atoms with Crippen molar-refractivity contribution < 1.29 is 17.9 Å². The number of ether oxygens (including phenoxy) is 1. The van der Waals surface area contributed by atoms with Crippen molar-refractivity contribution in [3.63, 3.8) is 0 Å². The van der Waals surface area contributed by atoms with Gasteiger partial charge in [-0.3, -0.25) is 9.52 Å². The van der Waals surface area contributed by atoms with Crippen LogP contribution in [-0.2, 0) is 16.6 Å². The van der Waals surface area contributed by atoms with Crippen LogP contribution in [0.3, 0.4) is 0 Å². The van der Waals surface area contributed by atoms with Gasteiger partial charge >= 0.3 is 6.03 Å². The van der Waals surface area contributed by atoms with E-state index < -0.39 is 10.0 Å². The number of urea groups is 1. The van der Waals surface area contributed by atoms with Crippen molar-refractivity contribution in [2.75, 3.05) is 30.2 Å². The van der Waals surface area contributed by atoms with Crippen LogP contribution in [0, 0.1) is 5.92 Å². The Morgan fingerprint density at radius 2 is 1.71 bits per heavy atom. The molecule has 2 amide bonds. The van der Waals surface area contributed by atoms with Crippen LogP contribution in [0.25, 0.3) is 0 Å². The van der Waals surface area contributed by atoms with E-state index in [2.05, 4.69) is 10.0 Å². The van der Waals surface area contributed by atoms with Gasteiger partial charge in [-0.1, -0.05) is 18.2 Å². The lowest BCUT2D eigenvalue weighted by molar-refractivity contribution is 0.139. The smallest absolute Gasteiger partial charge is 0.321 e. The molecule has 0 aliphatic carbocycles. The van der Waals surface area contributed by atoms with E-state index in [4.69, 9.17) is 4.74 Å². The van der Waals surface area contributed by atoms with Crippen molar-refractivity contribution in [1.82, 2.24) is 9.47 Å². The summed E-state index contributed by atoms with van der Waals surface area (Å²) in [4.78, 5) is 28.0. The molecule has 2 aromatic carbocycles. The molecule has 0 radical (unpaired) electrons. The van der Waals surface area contributed by atoms with Gasteiger partial charge in [-0.15, -0.1) is 0 Å². The number of sulfonamides is 1. The topological polar surface area (TPSA) is 110 Å². The first-order valence-corrected chi connectivity index (χ1v) is 12.8. The highest BCUT2D eigenvalue weighted by Gasteiger charge is 2.37. The zero-order valence-corrected chi connectivity index (χ0v) is 20.0. The third kappa shape index (κ3) is 4.61. The molecule has 0 spiro atoms. The minimum absolute atomic E-state index is 0.00315. The van der Waals surface area contributed by atoms with E-state index in [1.165, 1.54) is 18.2 Å². The number of piperidine rings is 1. The molecule has 1 fully saturated rings. The van der Waals surface area contributed by atoms with Crippen LogP contribution in [-0.4, -0.2) is 44.1 Å². The quantitative estimate of drug-likeness (QED) is 0.566. The van der Waals surface area contributed by atoms with E-state index in [1.807, 2.05) is 0 Å². The van der Waals surface area contributed by atoms with Gasteiger partial charge in [0.2, 0.25) is 0 Å². The number of carbonyl (C=O) groups is 1. The standard InChI is InChI=1S/C25H26N4O5S/c1-34-20-9-7-19(8-10-20)26-25(31)28-14-17-13-18(16-28)23-12-11-22(24(30)29(23)15-17)27-35(32,33)21-5-3-2-4-6-21/h2-12,17-18,27H,13-16H2,1H3,(H,26,31)/t17-,18+/m0/s1. The van der Waals surface area contributed by atoms with E-state index >= 15 is 0 Å². The fourth-order valence-corrected chi connectivity index (χ4v) is 5.95. The number of amides is 2. The SMILES string of the molecule is COc1ccc(NC(=O)N2C[C@@H]3C[C@H](C2)c2ccc(NS(=O)(=O)c4ccccc4)c(=O)n2C3)cc1. The first-order valence-electron chi connectivity index (χ1n) is 11.4. The molecule has 2 atom stereocenters. The van der Waals surface area contributed by atoms with Crippen LogP contribution < -0.4 is 20.3 Å². The summed E-state index contributed by atoms with van der Waals surface area (Å²) in [5, 5.41) is 2.92. The Kier molecular flexibility index (Phi) is 5.98. The molecule has 35 heavy (non-hydrogen) atoms. The molecule has 5 rings (SSSR count). The summed E-state index contributed by atoms with van der Waals surface area (Å²) in [7, 11) is -2.28. The summed E-state index contributed by atoms with van der Waals surface area (Å²) < 4.78 is 34.7. The van der Waals surface area contributed by atoms with E-state index in [9.17, 15) is 18.0 Å². The number of aromatic nitrogens is 1. The molecule has 9 nitrogen and oxygen atoms in total. The minimum atomic E-state index is -3.87. The molecule has 182 valence electrons. The Morgan fingerprint density at radius 1 is 0.971 bits per heavy atom. The number of nitrogens with zero attached hydrogens (tertiary/aromatic N) is 2. The number of rotatable bonds is 5. The Balaban J connectivity index is 1.33. The fourth-order valence-electron chi connectivity index (χ4n) is 4.87. The van der Waals surface area contributed by atoms with Crippen molar-refractivity contribution >= 4 is 27.4 Å². The van der Waals surface area contributed by atoms with Crippen LogP contribution in [0.15, 0.2) is 76.4 Å². The maximum Gasteiger partial charge on any atom is 0.321 e. The van der Waals surface area contributed by atoms with Gasteiger partial charge in [0.05, 0.1) is 12.0 Å². The summed E-state index contributed by atoms with van der Waals surface area (Å²) in [6, 6.07) is 18.2. The number of fused-ring (bicyclic) bond motifs is 4. The lowest BCUT2D eigenvalue weighted by Crippen LogP contribution is -2.50. The van der Waals surface area contributed by atoms with Gasteiger partial charge in [0, 0.05) is 36.9 Å². The summed E-state index contributed by atoms with van der Waals surface area (Å²) in [5.74, 6) is 0.807. The third-order valence-electron chi connectivity index (χ3n) is 6.53. The van der Waals surface area contributed by atoms with E-state index in [1.54, 1.807) is 65.1 Å². The van der Waals surface area contributed by atoms with Gasteiger partial charge in [0.25, 0.3) is 15.6 Å². The van der Waals surface area contributed by atoms with E-state index in [0.717, 1.165) is 12.1 Å². The highest BCUT2D eigenvalue weighted by Crippen LogP contribution is 2.36. The Bertz CT molecular complexity index is 1400. The van der Waals surface area contributed by atoms with Gasteiger partial charge in [-0.05, 0) is 60.9 Å². The van der Waals surface area contributed by atoms with Crippen molar-refractivity contribution in [3.05, 3.63) is 82.8 Å². The van der Waals surface area contributed by atoms with E-state index in [-0.39, 0.29) is 34.0 Å². The zero-order chi connectivity index (χ0) is 24.6. The average molecular weight is 495 g/mol. The number of hydrogen-bond donors (Lipinski definition) is 2. The molecule has 10 heteroatoms. The molecular formula is C25H26N4O5S. The molecule has 2 aliphatic heterocycles. The van der Waals surface area contributed by atoms with Gasteiger partial charge in [-0.2, -0.15) is 0 Å². The molecule has 3 aromatic rings. The third-order valence-corrected chi connectivity index (χ3v) is 7.91. The lowest BCUT2D eigenvalue weighted by Gasteiger charge is -2.42. The number of pyridine rings is 1. The van der Waals surface area contributed by atoms with Gasteiger partial charge < -0.3 is 19.5 Å². The predicted molar refractivity (Wildman–Crippen MR) is 132 cm³/mol. The van der Waals surface area contributed by atoms with Crippen LogP contribution in [0.4, 0.5) is 16.2 Å². The van der Waals surface area contributed by atoms with Gasteiger partial charge in [-0.25, -0.2) is 13.2 Å². The second-order valence-corrected chi connectivity index (χ2v) is 10.6. The second kappa shape index (κ2) is 9.10. The predicted octanol–water partition coefficient (Wildman–Crippen LogP) is 3.31. The second-order valence-electron chi connectivity index (χ2n) is 8.87. The maximum atomic E-state index is 13.2. The molecule has 1 aromatic heterocycles. The van der Waals surface area contributed by atoms with Crippen molar-refractivity contribution in [1.29, 1.82) is 0 Å². The molecular weight excluding hydrogens is 468 g/mol. The molecule has 1 saturated heterocycles. The molecule has 0 unspecified atom stereocenters. The number of likely N-dealkylation sites (tertiary alicyclic amines) is 1. The number of hydrogen-bond acceptors (Lipinski definition) is 5. The largest absolute Gasteiger partial charge is 0.497 e. The minimum Gasteiger partial charge on any atom is -0.497 e. The molecule has 2 N–H and O–H groups in total. The number of carbonyl (C=O) groups excluding carboxylic acids is 1. The Morgan fingerprint density at radius 3 is 2.43 bits per heavy atom. The van der Waals surface area contributed by atoms with Crippen molar-refractivity contribution in [2.45, 2.75) is 23.8 Å². The highest BCUT2D eigenvalue weighted by molar-refractivity contribution is 7.92. The van der Waals surface area contributed by atoms with Crippen LogP contribution >= 0.6 is 0 Å². The highest BCUT2D eigenvalue weighted by atomic mass is 32.2. The zero-order valence-electron chi connectivity index (χ0n) is 19.2. The Labute approximate surface area is 203 Å². The monoisotopic (exact) mass is 494 g/mol. The number of anilines is 2. The average Bonchev–Trinajstić information content (AvgIpc) is 2.87. The molecule has 0 saturated carbocycles. The summed E-state index contributed by atoms with van der Waals surface area (Å²) >= 11 is 0. The first-order chi connectivity index (χ1) is 16.8. The lowest BCUT2D eigenvalue weighted by atomic mass is 9.83. The summed E-state index contributed by atoms with van der Waals surface area (Å²) in [5.41, 5.74) is 1.15. The van der Waals surface area contributed by atoms with Crippen molar-refractivity contribution in [3.8, 4) is 5.75 Å². The van der Waals surface area contributed by atoms with E-state index in [0.29, 0.717) is 31.1 Å². The van der Waals surface area contributed by atoms with Crippen molar-refractivity contribution in [2.24, 2.45) is 5.92 Å². The Hall–Kier alpha value is -3.79. The fraction of sp³-hybridized carbons (Fsp3) is 0.280. The molecule has 2 aliphatic rings. The molecule has 3 heterocycles. The van der Waals surface area contributed by atoms with Crippen LogP contribution in [0.2, 0.25) is 0 Å². The number of methoxy groups -OCH3 is 1. The first kappa shape index (κ1) is 23.0. The van der Waals surface area contributed by atoms with Crippen LogP contribution in [0.5, 0.6) is 5.75 Å². The maximum absolute atomic E-state index is 13.2. The summed E-state index contributed by atoms with van der Waals surface area (Å²) in [6.07, 6.45) is 0.876. The summed E-state index contributed by atoms with van der Waals surface area (Å²) in [6.45, 7) is 1.43. The van der Waals surface area contributed by atoms with Crippen LogP contribution in [0.1, 0.15) is 18.0 Å². The number of nitrogens with one attached hydrogen (secondary N) is 2.